The minimum atomic E-state index is -0.819. The number of rotatable bonds is 3. The van der Waals surface area contributed by atoms with Crippen molar-refractivity contribution in [1.29, 1.82) is 0 Å². The quantitative estimate of drug-likeness (QED) is 0.588. The van der Waals surface area contributed by atoms with Crippen molar-refractivity contribution in [2.24, 2.45) is 11.1 Å². The molecule has 1 spiro atoms. The van der Waals surface area contributed by atoms with E-state index in [2.05, 4.69) is 43.3 Å². The molecule has 4 N–H and O–H groups in total. The van der Waals surface area contributed by atoms with E-state index in [1.54, 1.807) is 18.5 Å². The summed E-state index contributed by atoms with van der Waals surface area (Å²) < 4.78 is 0. The van der Waals surface area contributed by atoms with Crippen LogP contribution < -0.4 is 16.4 Å². The van der Waals surface area contributed by atoms with Gasteiger partial charge < -0.3 is 16.4 Å². The van der Waals surface area contributed by atoms with Gasteiger partial charge in [0.2, 0.25) is 5.95 Å². The largest absolute Gasteiger partial charge is 0.382 e. The number of nitrogens with two attached hydrogens (primary N) is 2. The molecule has 1 aromatic carbocycles. The lowest BCUT2D eigenvalue weighted by Gasteiger charge is -2.48. The summed E-state index contributed by atoms with van der Waals surface area (Å²) in [7, 11) is 6.69. The summed E-state index contributed by atoms with van der Waals surface area (Å²) in [6.07, 6.45) is 5.97. The molecule has 3 aromatic rings. The topological polar surface area (TPSA) is 107 Å². The SMILES string of the molecule is [B][C@]1(N)c2ccccc2CC12CCN(c1ncc(Sc3ccnc(N)c3Cl)nn1)CC2. The van der Waals surface area contributed by atoms with Crippen molar-refractivity contribution in [3.63, 3.8) is 0 Å². The third-order valence-electron chi connectivity index (χ3n) is 6.50. The van der Waals surface area contributed by atoms with Crippen molar-refractivity contribution in [2.75, 3.05) is 23.7 Å². The molecule has 1 fully saturated rings. The summed E-state index contributed by atoms with van der Waals surface area (Å²) in [5, 5.41) is 9.69. The monoisotopic (exact) mass is 449 g/mol. The van der Waals surface area contributed by atoms with Crippen LogP contribution in [-0.2, 0) is 11.9 Å². The highest BCUT2D eigenvalue weighted by molar-refractivity contribution is 7.99. The molecule has 31 heavy (non-hydrogen) atoms. The van der Waals surface area contributed by atoms with Gasteiger partial charge in [-0.2, -0.15) is 0 Å². The maximum absolute atomic E-state index is 6.69. The van der Waals surface area contributed by atoms with Gasteiger partial charge in [-0.25, -0.2) is 9.97 Å². The van der Waals surface area contributed by atoms with Crippen LogP contribution in [0.3, 0.4) is 0 Å². The Morgan fingerprint density at radius 3 is 2.58 bits per heavy atom. The zero-order valence-corrected chi connectivity index (χ0v) is 18.4. The molecule has 1 atom stereocenters. The van der Waals surface area contributed by atoms with Crippen molar-refractivity contribution in [2.45, 2.75) is 34.6 Å². The molecule has 7 nitrogen and oxygen atoms in total. The molecule has 1 saturated heterocycles. The first-order valence-corrected chi connectivity index (χ1v) is 11.3. The number of benzene rings is 1. The van der Waals surface area contributed by atoms with Crippen molar-refractivity contribution >= 4 is 43.0 Å². The van der Waals surface area contributed by atoms with Crippen LogP contribution in [0.15, 0.2) is 52.6 Å². The van der Waals surface area contributed by atoms with Crippen LogP contribution in [0.25, 0.3) is 0 Å². The Hall–Kier alpha value is -2.36. The molecule has 10 heteroatoms. The molecule has 1 aliphatic carbocycles. The fourth-order valence-corrected chi connectivity index (χ4v) is 5.65. The van der Waals surface area contributed by atoms with Gasteiger partial charge in [-0.15, -0.1) is 10.2 Å². The lowest BCUT2D eigenvalue weighted by atomic mass is 9.55. The van der Waals surface area contributed by atoms with Crippen molar-refractivity contribution in [3.05, 3.63) is 58.9 Å². The van der Waals surface area contributed by atoms with E-state index >= 15 is 0 Å². The predicted molar refractivity (Wildman–Crippen MR) is 123 cm³/mol. The van der Waals surface area contributed by atoms with Crippen LogP contribution in [0.2, 0.25) is 5.02 Å². The number of fused-ring (bicyclic) bond motifs is 1. The Bertz CT molecular complexity index is 1120. The maximum atomic E-state index is 6.69. The molecule has 2 aromatic heterocycles. The van der Waals surface area contributed by atoms with Crippen LogP contribution in [0, 0.1) is 5.41 Å². The highest BCUT2D eigenvalue weighted by Gasteiger charge is 2.52. The highest BCUT2D eigenvalue weighted by Crippen LogP contribution is 2.53. The third kappa shape index (κ3) is 3.45. The summed E-state index contributed by atoms with van der Waals surface area (Å²) >= 11 is 7.56. The van der Waals surface area contributed by atoms with Gasteiger partial charge in [-0.1, -0.05) is 47.6 Å². The number of hydrogen-bond acceptors (Lipinski definition) is 8. The molecule has 0 bridgehead atoms. The maximum Gasteiger partial charge on any atom is 0.245 e. The number of anilines is 2. The summed E-state index contributed by atoms with van der Waals surface area (Å²) in [6, 6.07) is 10.0. The number of halogens is 1. The minimum Gasteiger partial charge on any atom is -0.382 e. The van der Waals surface area contributed by atoms with Crippen LogP contribution in [0.5, 0.6) is 0 Å². The van der Waals surface area contributed by atoms with E-state index in [1.165, 1.54) is 17.3 Å². The fraction of sp³-hybridized carbons (Fsp3) is 0.333. The summed E-state index contributed by atoms with van der Waals surface area (Å²) in [5.74, 6) is 0.895. The third-order valence-corrected chi connectivity index (χ3v) is 7.96. The normalized spacial score (nSPS) is 21.9. The van der Waals surface area contributed by atoms with Gasteiger partial charge in [0.05, 0.1) is 11.2 Å². The van der Waals surface area contributed by atoms with Gasteiger partial charge >= 0.3 is 0 Å². The molecule has 2 aliphatic rings. The van der Waals surface area contributed by atoms with Crippen molar-refractivity contribution in [1.82, 2.24) is 20.2 Å². The van der Waals surface area contributed by atoms with E-state index in [0.29, 0.717) is 16.0 Å². The molecule has 1 aliphatic heterocycles. The van der Waals surface area contributed by atoms with Gasteiger partial charge in [0, 0.05) is 29.6 Å². The van der Waals surface area contributed by atoms with E-state index in [1.807, 2.05) is 6.07 Å². The Morgan fingerprint density at radius 2 is 1.87 bits per heavy atom. The number of piperidine rings is 1. The molecule has 3 heterocycles. The van der Waals surface area contributed by atoms with Crippen LogP contribution >= 0.6 is 23.4 Å². The van der Waals surface area contributed by atoms with E-state index < -0.39 is 5.44 Å². The van der Waals surface area contributed by atoms with Gasteiger partial charge in [0.25, 0.3) is 0 Å². The van der Waals surface area contributed by atoms with Gasteiger partial charge in [-0.05, 0) is 41.9 Å². The predicted octanol–water partition coefficient (Wildman–Crippen LogP) is 2.78. The van der Waals surface area contributed by atoms with Gasteiger partial charge in [0.15, 0.2) is 0 Å². The van der Waals surface area contributed by atoms with Crippen molar-refractivity contribution < 1.29 is 0 Å². The fourth-order valence-electron chi connectivity index (χ4n) is 4.68. The second-order valence-corrected chi connectivity index (χ2v) is 9.62. The zero-order valence-electron chi connectivity index (χ0n) is 16.8. The van der Waals surface area contributed by atoms with Crippen LogP contribution in [0.1, 0.15) is 24.0 Å². The molecule has 0 saturated carbocycles. The summed E-state index contributed by atoms with van der Waals surface area (Å²) in [4.78, 5) is 11.4. The molecular formula is C21H21BClN7S. The van der Waals surface area contributed by atoms with E-state index in [9.17, 15) is 0 Å². The number of pyridine rings is 1. The number of nitrogens with zero attached hydrogens (tertiary/aromatic N) is 5. The number of aromatic nitrogens is 4. The first-order chi connectivity index (χ1) is 14.9. The number of nitrogen functional groups attached to an aromatic ring is 1. The lowest BCUT2D eigenvalue weighted by Crippen LogP contribution is -2.55. The standard InChI is InChI=1S/C21H21BClN7S/c22-21(25)14-4-2-1-3-13(14)11-20(21)6-9-30(10-7-20)19-27-12-16(28-29-19)31-15-5-8-26-18(24)17(15)23/h1-5,8,12H,6-7,9-11,25H2,(H2,24,26)/t21-/m0/s1. The van der Waals surface area contributed by atoms with E-state index in [0.717, 1.165) is 42.8 Å². The molecule has 0 amide bonds. The highest BCUT2D eigenvalue weighted by atomic mass is 35.5. The van der Waals surface area contributed by atoms with Crippen LogP contribution in [-0.4, -0.2) is 41.1 Å². The van der Waals surface area contributed by atoms with E-state index in [4.69, 9.17) is 30.9 Å². The molecule has 0 unspecified atom stereocenters. The van der Waals surface area contributed by atoms with Crippen molar-refractivity contribution in [3.8, 4) is 0 Å². The smallest absolute Gasteiger partial charge is 0.245 e. The Kier molecular flexibility index (Phi) is 5.07. The Balaban J connectivity index is 1.28. The Morgan fingerprint density at radius 1 is 1.10 bits per heavy atom. The van der Waals surface area contributed by atoms with E-state index in [-0.39, 0.29) is 11.2 Å². The average Bonchev–Trinajstić information content (AvgIpc) is 2.99. The molecular weight excluding hydrogens is 429 g/mol. The molecule has 5 rings (SSSR count). The average molecular weight is 450 g/mol. The molecule has 156 valence electrons. The lowest BCUT2D eigenvalue weighted by molar-refractivity contribution is 0.159. The zero-order chi connectivity index (χ0) is 21.6. The van der Waals surface area contributed by atoms with Gasteiger partial charge in [-0.3, -0.25) is 0 Å². The van der Waals surface area contributed by atoms with Gasteiger partial charge in [0.1, 0.15) is 18.7 Å². The second kappa shape index (κ2) is 7.65. The summed E-state index contributed by atoms with van der Waals surface area (Å²) in [6.45, 7) is 1.57. The van der Waals surface area contributed by atoms with Crippen LogP contribution in [0.4, 0.5) is 11.8 Å². The minimum absolute atomic E-state index is 0.144. The summed E-state index contributed by atoms with van der Waals surface area (Å²) in [5.41, 5.74) is 13.8. The first-order valence-electron chi connectivity index (χ1n) is 10.1. The second-order valence-electron chi connectivity index (χ2n) is 8.18. The number of hydrogen-bond donors (Lipinski definition) is 2. The molecule has 2 radical (unpaired) electrons. The Labute approximate surface area is 191 Å². The first kappa shape index (κ1) is 20.5.